The van der Waals surface area contributed by atoms with Gasteiger partial charge in [-0.3, -0.25) is 4.79 Å². The van der Waals surface area contributed by atoms with E-state index in [9.17, 15) is 4.79 Å². The molecule has 1 atom stereocenters. The summed E-state index contributed by atoms with van der Waals surface area (Å²) in [5, 5.41) is 0.675. The van der Waals surface area contributed by atoms with E-state index in [1.807, 2.05) is 26.1 Å². The monoisotopic (exact) mass is 248 g/mol. The van der Waals surface area contributed by atoms with Gasteiger partial charge >= 0.3 is 0 Å². The van der Waals surface area contributed by atoms with Crippen molar-refractivity contribution < 1.29 is 4.79 Å². The smallest absolute Gasteiger partial charge is 0.187 e. The number of nitrogens with zero attached hydrogens (tertiary/aromatic N) is 2. The Morgan fingerprint density at radius 3 is 2.53 bits per heavy atom. The van der Waals surface area contributed by atoms with Crippen molar-refractivity contribution in [2.24, 2.45) is 7.05 Å². The number of benzene rings is 1. The summed E-state index contributed by atoms with van der Waals surface area (Å²) in [4.78, 5) is 16.2. The maximum Gasteiger partial charge on any atom is 0.187 e. The molecule has 1 aromatic heterocycles. The van der Waals surface area contributed by atoms with Crippen molar-refractivity contribution in [1.29, 1.82) is 0 Å². The highest BCUT2D eigenvalue weighted by Crippen LogP contribution is 2.21. The summed E-state index contributed by atoms with van der Waals surface area (Å²) in [5.41, 5.74) is 1.58. The van der Waals surface area contributed by atoms with Gasteiger partial charge < -0.3 is 4.57 Å². The second-order valence-electron chi connectivity index (χ2n) is 4.03. The van der Waals surface area contributed by atoms with Gasteiger partial charge in [0.2, 0.25) is 0 Å². The van der Waals surface area contributed by atoms with Crippen LogP contribution in [0.4, 0.5) is 0 Å². The summed E-state index contributed by atoms with van der Waals surface area (Å²) in [6, 6.07) is 7.34. The fraction of sp³-hybridized carbons (Fsp3) is 0.231. The number of carbonyl (C=O) groups excluding carboxylic acids is 1. The van der Waals surface area contributed by atoms with E-state index in [1.165, 1.54) is 0 Å². The lowest BCUT2D eigenvalue weighted by Gasteiger charge is -2.11. The van der Waals surface area contributed by atoms with Crippen LogP contribution in [0, 0.1) is 0 Å². The van der Waals surface area contributed by atoms with Crippen LogP contribution >= 0.6 is 11.6 Å². The molecule has 0 spiro atoms. The minimum atomic E-state index is -0.192. The number of hydrogen-bond acceptors (Lipinski definition) is 2. The van der Waals surface area contributed by atoms with Gasteiger partial charge in [0.1, 0.15) is 5.69 Å². The van der Waals surface area contributed by atoms with Crippen LogP contribution in [-0.2, 0) is 7.05 Å². The van der Waals surface area contributed by atoms with E-state index in [4.69, 9.17) is 11.6 Å². The highest BCUT2D eigenvalue weighted by Gasteiger charge is 2.19. The van der Waals surface area contributed by atoms with E-state index in [1.54, 1.807) is 29.2 Å². The number of carbonyl (C=O) groups is 1. The summed E-state index contributed by atoms with van der Waals surface area (Å²) < 4.78 is 1.73. The van der Waals surface area contributed by atoms with E-state index in [0.717, 1.165) is 5.56 Å². The number of imidazole rings is 1. The number of aryl methyl sites for hydroxylation is 1. The Labute approximate surface area is 105 Å². The molecule has 0 saturated heterocycles. The molecular formula is C13H13ClN2O. The summed E-state index contributed by atoms with van der Waals surface area (Å²) >= 11 is 5.82. The average Bonchev–Trinajstić information content (AvgIpc) is 2.74. The molecule has 0 amide bonds. The lowest BCUT2D eigenvalue weighted by molar-refractivity contribution is 0.0958. The molecule has 3 nitrogen and oxygen atoms in total. The fourth-order valence-corrected chi connectivity index (χ4v) is 1.85. The summed E-state index contributed by atoms with van der Waals surface area (Å²) in [6.45, 7) is 1.89. The van der Waals surface area contributed by atoms with Crippen LogP contribution in [0.15, 0.2) is 36.8 Å². The first-order valence-corrected chi connectivity index (χ1v) is 5.73. The Morgan fingerprint density at radius 2 is 2.00 bits per heavy atom. The molecule has 0 fully saturated rings. The third-order valence-corrected chi connectivity index (χ3v) is 3.08. The molecule has 0 bridgehead atoms. The van der Waals surface area contributed by atoms with Crippen LogP contribution in [-0.4, -0.2) is 15.3 Å². The van der Waals surface area contributed by atoms with Crippen LogP contribution in [0.1, 0.15) is 28.9 Å². The summed E-state index contributed by atoms with van der Waals surface area (Å²) in [5.74, 6) is -0.130. The zero-order valence-corrected chi connectivity index (χ0v) is 10.5. The fourth-order valence-electron chi connectivity index (χ4n) is 1.72. The molecule has 0 saturated carbocycles. The van der Waals surface area contributed by atoms with Gasteiger partial charge in [0, 0.05) is 18.0 Å². The second kappa shape index (κ2) is 4.72. The van der Waals surface area contributed by atoms with Crippen LogP contribution in [0.25, 0.3) is 0 Å². The van der Waals surface area contributed by atoms with Crippen molar-refractivity contribution >= 4 is 17.4 Å². The highest BCUT2D eigenvalue weighted by molar-refractivity contribution is 6.30. The average molecular weight is 249 g/mol. The molecular weight excluding hydrogens is 236 g/mol. The predicted octanol–water partition coefficient (Wildman–Crippen LogP) is 3.06. The molecule has 0 N–H and O–H groups in total. The molecule has 1 unspecified atom stereocenters. The molecule has 1 aromatic carbocycles. The van der Waals surface area contributed by atoms with Crippen molar-refractivity contribution in [3.63, 3.8) is 0 Å². The molecule has 2 rings (SSSR count). The molecule has 4 heteroatoms. The second-order valence-corrected chi connectivity index (χ2v) is 4.46. The first kappa shape index (κ1) is 11.9. The van der Waals surface area contributed by atoms with E-state index in [2.05, 4.69) is 4.98 Å². The molecule has 17 heavy (non-hydrogen) atoms. The lowest BCUT2D eigenvalue weighted by Crippen LogP contribution is -2.13. The van der Waals surface area contributed by atoms with Crippen molar-refractivity contribution in [2.45, 2.75) is 12.8 Å². The van der Waals surface area contributed by atoms with Gasteiger partial charge in [0.05, 0.1) is 12.5 Å². The molecule has 2 aromatic rings. The number of hydrogen-bond donors (Lipinski definition) is 0. The first-order chi connectivity index (χ1) is 8.09. The standard InChI is InChI=1S/C13H13ClN2O/c1-9(10-3-5-11(14)6-4-10)13(17)12-7-15-8-16(12)2/h3-9H,1-2H3. The predicted molar refractivity (Wildman–Crippen MR) is 67.4 cm³/mol. The third-order valence-electron chi connectivity index (χ3n) is 2.83. The van der Waals surface area contributed by atoms with E-state index >= 15 is 0 Å². The zero-order valence-electron chi connectivity index (χ0n) is 9.72. The largest absolute Gasteiger partial charge is 0.331 e. The van der Waals surface area contributed by atoms with Crippen molar-refractivity contribution in [3.8, 4) is 0 Å². The quantitative estimate of drug-likeness (QED) is 0.783. The van der Waals surface area contributed by atoms with Crippen LogP contribution in [0.3, 0.4) is 0 Å². The van der Waals surface area contributed by atoms with Crippen molar-refractivity contribution in [2.75, 3.05) is 0 Å². The number of halogens is 1. The van der Waals surface area contributed by atoms with Gasteiger partial charge in [0.25, 0.3) is 0 Å². The van der Waals surface area contributed by atoms with Gasteiger partial charge in [-0.25, -0.2) is 4.98 Å². The third kappa shape index (κ3) is 2.39. The van der Waals surface area contributed by atoms with E-state index < -0.39 is 0 Å². The van der Waals surface area contributed by atoms with Gasteiger partial charge in [-0.15, -0.1) is 0 Å². The van der Waals surface area contributed by atoms with Gasteiger partial charge in [-0.05, 0) is 17.7 Å². The molecule has 0 aliphatic rings. The Bertz CT molecular complexity index is 531. The topological polar surface area (TPSA) is 34.9 Å². The Balaban J connectivity index is 2.26. The minimum absolute atomic E-state index is 0.0623. The number of ketones is 1. The van der Waals surface area contributed by atoms with E-state index in [0.29, 0.717) is 10.7 Å². The van der Waals surface area contributed by atoms with E-state index in [-0.39, 0.29) is 11.7 Å². The van der Waals surface area contributed by atoms with Crippen LogP contribution in [0.5, 0.6) is 0 Å². The molecule has 0 aliphatic carbocycles. The number of rotatable bonds is 3. The molecule has 88 valence electrons. The number of Topliss-reactive ketones (excluding diaryl/α,β-unsaturated/α-hetero) is 1. The Kier molecular flexibility index (Phi) is 3.29. The Hall–Kier alpha value is -1.61. The zero-order chi connectivity index (χ0) is 12.4. The maximum absolute atomic E-state index is 12.2. The molecule has 0 radical (unpaired) electrons. The van der Waals surface area contributed by atoms with Gasteiger partial charge in [-0.2, -0.15) is 0 Å². The van der Waals surface area contributed by atoms with Gasteiger partial charge in [0.15, 0.2) is 5.78 Å². The highest BCUT2D eigenvalue weighted by atomic mass is 35.5. The van der Waals surface area contributed by atoms with Gasteiger partial charge in [-0.1, -0.05) is 30.7 Å². The SMILES string of the molecule is CC(C(=O)c1cncn1C)c1ccc(Cl)cc1. The van der Waals surface area contributed by atoms with Crippen LogP contribution in [0.2, 0.25) is 5.02 Å². The Morgan fingerprint density at radius 1 is 1.35 bits per heavy atom. The van der Waals surface area contributed by atoms with Crippen LogP contribution < -0.4 is 0 Å². The minimum Gasteiger partial charge on any atom is -0.331 e. The maximum atomic E-state index is 12.2. The normalized spacial score (nSPS) is 12.4. The number of aromatic nitrogens is 2. The lowest BCUT2D eigenvalue weighted by atomic mass is 9.95. The van der Waals surface area contributed by atoms with Crippen molar-refractivity contribution in [1.82, 2.24) is 9.55 Å². The summed E-state index contributed by atoms with van der Waals surface area (Å²) in [6.07, 6.45) is 3.22. The molecule has 0 aliphatic heterocycles. The molecule has 1 heterocycles. The summed E-state index contributed by atoms with van der Waals surface area (Å²) in [7, 11) is 1.81. The first-order valence-electron chi connectivity index (χ1n) is 5.35. The van der Waals surface area contributed by atoms with Crippen molar-refractivity contribution in [3.05, 3.63) is 53.1 Å².